The summed E-state index contributed by atoms with van der Waals surface area (Å²) in [6.45, 7) is 3.90. The van der Waals surface area contributed by atoms with Crippen molar-refractivity contribution in [1.82, 2.24) is 9.78 Å². The lowest BCUT2D eigenvalue weighted by Crippen LogP contribution is -2.41. The maximum absolute atomic E-state index is 13.5. The standard InChI is InChI=1S/C16H19ClFN5O2S/c1-9-7-16(2,8-19)23-15(21-9)13(14(20-3)22-23)26(24,25)10-4-5-12(18)11(17)6-10/h4-7,21H,8,19H2,1-3H3,(H,20,22). The molecule has 2 heterocycles. The molecular formula is C16H19ClFN5O2S. The number of aromatic nitrogens is 2. The second kappa shape index (κ2) is 6.26. The molecule has 0 radical (unpaired) electrons. The molecular weight excluding hydrogens is 381 g/mol. The van der Waals surface area contributed by atoms with E-state index in [1.807, 2.05) is 19.9 Å². The number of allylic oxidation sites excluding steroid dienone is 1. The highest BCUT2D eigenvalue weighted by molar-refractivity contribution is 7.91. The average Bonchev–Trinajstić information content (AvgIpc) is 2.97. The summed E-state index contributed by atoms with van der Waals surface area (Å²) in [6.07, 6.45) is 1.89. The van der Waals surface area contributed by atoms with Crippen molar-refractivity contribution < 1.29 is 12.8 Å². The zero-order chi connectivity index (χ0) is 19.3. The van der Waals surface area contributed by atoms with Crippen molar-refractivity contribution >= 4 is 33.1 Å². The van der Waals surface area contributed by atoms with Gasteiger partial charge < -0.3 is 16.4 Å². The van der Waals surface area contributed by atoms with E-state index in [-0.39, 0.29) is 27.2 Å². The van der Waals surface area contributed by atoms with E-state index in [1.54, 1.807) is 11.7 Å². The minimum absolute atomic E-state index is 0.0465. The summed E-state index contributed by atoms with van der Waals surface area (Å²) < 4.78 is 41.5. The van der Waals surface area contributed by atoms with Crippen LogP contribution in [0.1, 0.15) is 13.8 Å². The van der Waals surface area contributed by atoms with Gasteiger partial charge in [-0.05, 0) is 38.1 Å². The summed E-state index contributed by atoms with van der Waals surface area (Å²) in [7, 11) is -2.45. The fourth-order valence-electron chi connectivity index (χ4n) is 2.96. The molecule has 2 aromatic rings. The quantitative estimate of drug-likeness (QED) is 0.683. The number of sulfone groups is 1. The molecule has 1 atom stereocenters. The number of benzene rings is 1. The number of anilines is 2. The predicted octanol–water partition coefficient (Wildman–Crippen LogP) is 2.55. The van der Waals surface area contributed by atoms with Gasteiger partial charge in [0.05, 0.1) is 15.5 Å². The van der Waals surface area contributed by atoms with E-state index in [0.717, 1.165) is 17.8 Å². The van der Waals surface area contributed by atoms with Crippen molar-refractivity contribution in [3.8, 4) is 0 Å². The molecule has 26 heavy (non-hydrogen) atoms. The van der Waals surface area contributed by atoms with Gasteiger partial charge in [0, 0.05) is 19.3 Å². The first kappa shape index (κ1) is 18.7. The van der Waals surface area contributed by atoms with E-state index in [0.29, 0.717) is 5.82 Å². The highest BCUT2D eigenvalue weighted by Gasteiger charge is 2.38. The SMILES string of the molecule is CNc1nn2c(c1S(=O)(=O)c1ccc(F)c(Cl)c1)NC(C)=CC2(C)CN. The lowest BCUT2D eigenvalue weighted by Gasteiger charge is -2.32. The van der Waals surface area contributed by atoms with Crippen LogP contribution in [-0.2, 0) is 15.4 Å². The molecule has 0 fully saturated rings. The summed E-state index contributed by atoms with van der Waals surface area (Å²) >= 11 is 5.77. The second-order valence-electron chi connectivity index (χ2n) is 6.28. The third-order valence-corrected chi connectivity index (χ3v) is 6.38. The van der Waals surface area contributed by atoms with Crippen LogP contribution in [0.15, 0.2) is 39.8 Å². The molecule has 0 amide bonds. The lowest BCUT2D eigenvalue weighted by atomic mass is 10.00. The molecule has 1 aromatic carbocycles. The van der Waals surface area contributed by atoms with Crippen LogP contribution in [0.4, 0.5) is 16.0 Å². The summed E-state index contributed by atoms with van der Waals surface area (Å²) in [5, 5.41) is 9.99. The van der Waals surface area contributed by atoms with Crippen LogP contribution in [0.5, 0.6) is 0 Å². The smallest absolute Gasteiger partial charge is 0.214 e. The van der Waals surface area contributed by atoms with Crippen LogP contribution in [-0.4, -0.2) is 31.8 Å². The van der Waals surface area contributed by atoms with E-state index in [9.17, 15) is 12.8 Å². The van der Waals surface area contributed by atoms with Crippen molar-refractivity contribution in [2.75, 3.05) is 24.2 Å². The fraction of sp³-hybridized carbons (Fsp3) is 0.312. The van der Waals surface area contributed by atoms with Gasteiger partial charge in [-0.25, -0.2) is 17.5 Å². The zero-order valence-electron chi connectivity index (χ0n) is 14.5. The number of fused-ring (bicyclic) bond motifs is 1. The lowest BCUT2D eigenvalue weighted by molar-refractivity contribution is 0.376. The molecule has 0 saturated carbocycles. The van der Waals surface area contributed by atoms with Gasteiger partial charge in [0.15, 0.2) is 16.5 Å². The Morgan fingerprint density at radius 1 is 1.46 bits per heavy atom. The normalized spacial score (nSPS) is 19.5. The van der Waals surface area contributed by atoms with Crippen LogP contribution in [0.2, 0.25) is 5.02 Å². The Balaban J connectivity index is 2.28. The Morgan fingerprint density at radius 3 is 2.73 bits per heavy atom. The average molecular weight is 400 g/mol. The third kappa shape index (κ3) is 2.76. The van der Waals surface area contributed by atoms with Gasteiger partial charge in [0.1, 0.15) is 5.82 Å². The Morgan fingerprint density at radius 2 is 2.15 bits per heavy atom. The van der Waals surface area contributed by atoms with Crippen LogP contribution in [0.25, 0.3) is 0 Å². The van der Waals surface area contributed by atoms with Crippen molar-refractivity contribution in [2.45, 2.75) is 29.2 Å². The predicted molar refractivity (Wildman–Crippen MR) is 98.7 cm³/mol. The molecule has 3 rings (SSSR count). The molecule has 1 unspecified atom stereocenters. The van der Waals surface area contributed by atoms with Crippen LogP contribution >= 0.6 is 11.6 Å². The molecule has 1 aliphatic rings. The highest BCUT2D eigenvalue weighted by atomic mass is 35.5. The summed E-state index contributed by atoms with van der Waals surface area (Å²) in [4.78, 5) is -0.172. The monoisotopic (exact) mass is 399 g/mol. The minimum atomic E-state index is -4.03. The number of hydrogen-bond donors (Lipinski definition) is 3. The van der Waals surface area contributed by atoms with Gasteiger partial charge in [0.2, 0.25) is 9.84 Å². The highest BCUT2D eigenvalue weighted by Crippen LogP contribution is 2.40. The first-order valence-electron chi connectivity index (χ1n) is 7.82. The molecule has 10 heteroatoms. The van der Waals surface area contributed by atoms with E-state index in [4.69, 9.17) is 17.3 Å². The van der Waals surface area contributed by atoms with Gasteiger partial charge in [-0.2, -0.15) is 5.10 Å². The Hall–Kier alpha value is -2.10. The molecule has 1 aromatic heterocycles. The molecule has 0 aliphatic carbocycles. The molecule has 1 aliphatic heterocycles. The first-order valence-corrected chi connectivity index (χ1v) is 9.68. The molecule has 0 saturated heterocycles. The van der Waals surface area contributed by atoms with E-state index >= 15 is 0 Å². The summed E-state index contributed by atoms with van der Waals surface area (Å²) in [5.41, 5.74) is 5.97. The number of halogens is 2. The van der Waals surface area contributed by atoms with Crippen LogP contribution in [0.3, 0.4) is 0 Å². The Labute approximate surface area is 155 Å². The van der Waals surface area contributed by atoms with E-state index in [1.165, 1.54) is 6.07 Å². The second-order valence-corrected chi connectivity index (χ2v) is 8.57. The minimum Gasteiger partial charge on any atom is -0.371 e. The number of rotatable bonds is 4. The molecule has 4 N–H and O–H groups in total. The molecule has 7 nitrogen and oxygen atoms in total. The van der Waals surface area contributed by atoms with E-state index < -0.39 is 21.2 Å². The van der Waals surface area contributed by atoms with Crippen LogP contribution < -0.4 is 16.4 Å². The van der Waals surface area contributed by atoms with Gasteiger partial charge in [0.25, 0.3) is 0 Å². The molecule has 140 valence electrons. The Kier molecular flexibility index (Phi) is 4.50. The van der Waals surface area contributed by atoms with Crippen LogP contribution in [0, 0.1) is 5.82 Å². The van der Waals surface area contributed by atoms with Crippen molar-refractivity contribution in [3.05, 3.63) is 40.8 Å². The maximum Gasteiger partial charge on any atom is 0.214 e. The fourth-order valence-corrected chi connectivity index (χ4v) is 4.75. The topological polar surface area (TPSA) is 102 Å². The van der Waals surface area contributed by atoms with Crippen molar-refractivity contribution in [2.24, 2.45) is 5.73 Å². The number of nitrogens with one attached hydrogen (secondary N) is 2. The molecule has 0 spiro atoms. The van der Waals surface area contributed by atoms with Gasteiger partial charge >= 0.3 is 0 Å². The first-order chi connectivity index (χ1) is 12.1. The molecule has 0 bridgehead atoms. The number of nitrogens with zero attached hydrogens (tertiary/aromatic N) is 2. The largest absolute Gasteiger partial charge is 0.371 e. The van der Waals surface area contributed by atoms with Gasteiger partial charge in [-0.3, -0.25) is 0 Å². The maximum atomic E-state index is 13.5. The number of nitrogens with two attached hydrogens (primary N) is 1. The van der Waals surface area contributed by atoms with Crippen molar-refractivity contribution in [1.29, 1.82) is 0 Å². The van der Waals surface area contributed by atoms with Gasteiger partial charge in [-0.15, -0.1) is 0 Å². The van der Waals surface area contributed by atoms with Gasteiger partial charge in [-0.1, -0.05) is 11.6 Å². The van der Waals surface area contributed by atoms with E-state index in [2.05, 4.69) is 15.7 Å². The number of hydrogen-bond acceptors (Lipinski definition) is 6. The van der Waals surface area contributed by atoms with Crippen molar-refractivity contribution in [3.63, 3.8) is 0 Å². The summed E-state index contributed by atoms with van der Waals surface area (Å²) in [5.74, 6) is -0.234. The zero-order valence-corrected chi connectivity index (χ0v) is 16.0. The summed E-state index contributed by atoms with van der Waals surface area (Å²) in [6, 6.07) is 3.28. The Bertz CT molecular complexity index is 1020. The third-order valence-electron chi connectivity index (χ3n) is 4.29.